The summed E-state index contributed by atoms with van der Waals surface area (Å²) in [5.74, 6) is 0.900. The molecule has 3 rings (SSSR count). The van der Waals surface area contributed by atoms with E-state index in [0.29, 0.717) is 31.1 Å². The lowest BCUT2D eigenvalue weighted by Crippen LogP contribution is -2.50. The van der Waals surface area contributed by atoms with E-state index in [9.17, 15) is 13.2 Å². The number of methoxy groups -OCH3 is 2. The van der Waals surface area contributed by atoms with E-state index in [2.05, 4.69) is 9.62 Å². The van der Waals surface area contributed by atoms with Gasteiger partial charge in [-0.3, -0.25) is 9.69 Å². The van der Waals surface area contributed by atoms with Gasteiger partial charge >= 0.3 is 0 Å². The number of sulfonamides is 1. The van der Waals surface area contributed by atoms with Crippen molar-refractivity contribution in [3.05, 3.63) is 40.6 Å². The van der Waals surface area contributed by atoms with Gasteiger partial charge in [-0.05, 0) is 23.6 Å². The van der Waals surface area contributed by atoms with Crippen LogP contribution in [0.1, 0.15) is 9.67 Å². The zero-order valence-corrected chi connectivity index (χ0v) is 18.1. The molecule has 1 aliphatic heterocycles. The second-order valence-corrected chi connectivity index (χ2v) is 9.24. The molecule has 158 valence electrons. The van der Waals surface area contributed by atoms with E-state index in [1.807, 2.05) is 22.4 Å². The third-order valence-electron chi connectivity index (χ3n) is 4.78. The first-order chi connectivity index (χ1) is 13.9. The summed E-state index contributed by atoms with van der Waals surface area (Å²) in [5, 5.41) is 1.90. The molecule has 0 radical (unpaired) electrons. The number of carbonyl (C=O) groups excluding carboxylic acids is 1. The lowest BCUT2D eigenvalue weighted by Gasteiger charge is -2.34. The van der Waals surface area contributed by atoms with E-state index in [0.717, 1.165) is 18.0 Å². The third-order valence-corrected chi connectivity index (χ3v) is 7.09. The maximum Gasteiger partial charge on any atom is 0.264 e. The Kier molecular flexibility index (Phi) is 7.12. The Morgan fingerprint density at radius 2 is 1.83 bits per heavy atom. The summed E-state index contributed by atoms with van der Waals surface area (Å²) in [6.45, 7) is 3.58. The van der Waals surface area contributed by atoms with Gasteiger partial charge < -0.3 is 14.4 Å². The number of hydrogen-bond donors (Lipinski definition) is 1. The van der Waals surface area contributed by atoms with Crippen LogP contribution in [0.5, 0.6) is 11.5 Å². The monoisotopic (exact) mass is 439 g/mol. The van der Waals surface area contributed by atoms with Crippen LogP contribution in [0.3, 0.4) is 0 Å². The first kappa shape index (κ1) is 21.6. The van der Waals surface area contributed by atoms with Crippen molar-refractivity contribution in [1.82, 2.24) is 14.5 Å². The summed E-state index contributed by atoms with van der Waals surface area (Å²) >= 11 is 1.45. The number of carbonyl (C=O) groups is 1. The number of nitrogens with one attached hydrogen (secondary N) is 1. The van der Waals surface area contributed by atoms with Crippen LogP contribution in [0.15, 0.2) is 40.6 Å². The highest BCUT2D eigenvalue weighted by Crippen LogP contribution is 2.29. The number of nitrogens with zero attached hydrogens (tertiary/aromatic N) is 2. The summed E-state index contributed by atoms with van der Waals surface area (Å²) in [5.41, 5.74) is 0. The Hall–Kier alpha value is -2.14. The van der Waals surface area contributed by atoms with Crippen LogP contribution in [0, 0.1) is 0 Å². The minimum absolute atomic E-state index is 0.0637. The summed E-state index contributed by atoms with van der Waals surface area (Å²) < 4.78 is 38.0. The van der Waals surface area contributed by atoms with Gasteiger partial charge in [0.25, 0.3) is 5.91 Å². The SMILES string of the molecule is COc1ccc(S(=O)(=O)NCCN2CCN(C(=O)c3cccs3)CC2)cc1OC. The quantitative estimate of drug-likeness (QED) is 0.671. The maximum absolute atomic E-state index is 12.5. The van der Waals surface area contributed by atoms with Crippen LogP contribution in [0.25, 0.3) is 0 Å². The first-order valence-corrected chi connectivity index (χ1v) is 11.6. The van der Waals surface area contributed by atoms with Crippen molar-refractivity contribution in [3.63, 3.8) is 0 Å². The smallest absolute Gasteiger partial charge is 0.264 e. The fourth-order valence-electron chi connectivity index (χ4n) is 3.14. The van der Waals surface area contributed by atoms with Crippen molar-refractivity contribution in [2.45, 2.75) is 4.90 Å². The van der Waals surface area contributed by atoms with Gasteiger partial charge in [0, 0.05) is 45.3 Å². The molecule has 1 aliphatic rings. The Morgan fingerprint density at radius 1 is 1.10 bits per heavy atom. The molecular weight excluding hydrogens is 414 g/mol. The predicted molar refractivity (Wildman–Crippen MR) is 111 cm³/mol. The molecule has 1 N–H and O–H groups in total. The molecule has 1 amide bonds. The van der Waals surface area contributed by atoms with Crippen molar-refractivity contribution in [2.24, 2.45) is 0 Å². The van der Waals surface area contributed by atoms with Crippen molar-refractivity contribution in [1.29, 1.82) is 0 Å². The highest BCUT2D eigenvalue weighted by Gasteiger charge is 2.23. The van der Waals surface area contributed by atoms with Gasteiger partial charge in [0.15, 0.2) is 11.5 Å². The van der Waals surface area contributed by atoms with Gasteiger partial charge in [-0.25, -0.2) is 13.1 Å². The average Bonchev–Trinajstić information content (AvgIpc) is 3.28. The van der Waals surface area contributed by atoms with E-state index >= 15 is 0 Å². The standard InChI is InChI=1S/C19H25N3O5S2/c1-26-16-6-5-15(14-17(16)27-2)29(24,25)20-7-8-21-9-11-22(12-10-21)19(23)18-4-3-13-28-18/h3-6,13-14,20H,7-12H2,1-2H3. The predicted octanol–water partition coefficient (Wildman–Crippen LogP) is 1.50. The molecule has 1 fully saturated rings. The van der Waals surface area contributed by atoms with E-state index in [4.69, 9.17) is 9.47 Å². The fourth-order valence-corrected chi connectivity index (χ4v) is 4.86. The molecule has 2 aromatic rings. The zero-order chi connectivity index (χ0) is 20.9. The molecule has 29 heavy (non-hydrogen) atoms. The highest BCUT2D eigenvalue weighted by atomic mass is 32.2. The molecule has 1 saturated heterocycles. The number of hydrogen-bond acceptors (Lipinski definition) is 7. The number of rotatable bonds is 8. The average molecular weight is 440 g/mol. The number of thiophene rings is 1. The lowest BCUT2D eigenvalue weighted by atomic mass is 10.3. The van der Waals surface area contributed by atoms with E-state index in [-0.39, 0.29) is 17.3 Å². The van der Waals surface area contributed by atoms with Crippen molar-refractivity contribution < 1.29 is 22.7 Å². The largest absolute Gasteiger partial charge is 0.493 e. The molecule has 0 atom stereocenters. The van der Waals surface area contributed by atoms with Gasteiger partial charge in [-0.15, -0.1) is 11.3 Å². The van der Waals surface area contributed by atoms with Gasteiger partial charge in [-0.1, -0.05) is 6.07 Å². The minimum atomic E-state index is -3.65. The van der Waals surface area contributed by atoms with Gasteiger partial charge in [0.05, 0.1) is 24.0 Å². The van der Waals surface area contributed by atoms with Crippen LogP contribution in [0.2, 0.25) is 0 Å². The molecule has 0 aliphatic carbocycles. The molecular formula is C19H25N3O5S2. The zero-order valence-electron chi connectivity index (χ0n) is 16.5. The van der Waals surface area contributed by atoms with E-state index in [1.54, 1.807) is 6.07 Å². The molecule has 1 aromatic carbocycles. The molecule has 10 heteroatoms. The topological polar surface area (TPSA) is 88.2 Å². The molecule has 0 spiro atoms. The molecule has 2 heterocycles. The Balaban J connectivity index is 1.48. The number of amides is 1. The first-order valence-electron chi connectivity index (χ1n) is 9.21. The van der Waals surface area contributed by atoms with E-state index < -0.39 is 10.0 Å². The number of piperazine rings is 1. The Bertz CT molecular complexity index is 923. The third kappa shape index (κ3) is 5.27. The lowest BCUT2D eigenvalue weighted by molar-refractivity contribution is 0.0645. The fraction of sp³-hybridized carbons (Fsp3) is 0.421. The summed E-state index contributed by atoms with van der Waals surface area (Å²) in [6, 6.07) is 8.20. The second kappa shape index (κ2) is 9.57. The second-order valence-electron chi connectivity index (χ2n) is 6.53. The summed E-state index contributed by atoms with van der Waals surface area (Å²) in [6.07, 6.45) is 0. The van der Waals surface area contributed by atoms with Crippen LogP contribution in [-0.4, -0.2) is 77.6 Å². The van der Waals surface area contributed by atoms with Crippen molar-refractivity contribution >= 4 is 27.3 Å². The molecule has 0 bridgehead atoms. The summed E-state index contributed by atoms with van der Waals surface area (Å²) in [4.78, 5) is 17.2. The minimum Gasteiger partial charge on any atom is -0.493 e. The van der Waals surface area contributed by atoms with Crippen molar-refractivity contribution in [2.75, 3.05) is 53.5 Å². The Morgan fingerprint density at radius 3 is 2.45 bits per heavy atom. The Labute approximate surface area is 175 Å². The highest BCUT2D eigenvalue weighted by molar-refractivity contribution is 7.89. The number of benzene rings is 1. The molecule has 1 aromatic heterocycles. The van der Waals surface area contributed by atoms with Crippen LogP contribution < -0.4 is 14.2 Å². The van der Waals surface area contributed by atoms with Crippen LogP contribution >= 0.6 is 11.3 Å². The maximum atomic E-state index is 12.5. The van der Waals surface area contributed by atoms with E-state index in [1.165, 1.54) is 37.7 Å². The van der Waals surface area contributed by atoms with Crippen molar-refractivity contribution in [3.8, 4) is 11.5 Å². The normalized spacial score (nSPS) is 15.3. The van der Waals surface area contributed by atoms with Crippen LogP contribution in [-0.2, 0) is 10.0 Å². The van der Waals surface area contributed by atoms with Crippen LogP contribution in [0.4, 0.5) is 0 Å². The molecule has 8 nitrogen and oxygen atoms in total. The van der Waals surface area contributed by atoms with Gasteiger partial charge in [-0.2, -0.15) is 0 Å². The van der Waals surface area contributed by atoms with Gasteiger partial charge in [0.2, 0.25) is 10.0 Å². The van der Waals surface area contributed by atoms with Gasteiger partial charge in [0.1, 0.15) is 0 Å². The molecule has 0 unspecified atom stereocenters. The summed E-state index contributed by atoms with van der Waals surface area (Å²) in [7, 11) is -0.687. The molecule has 0 saturated carbocycles. The number of ether oxygens (including phenoxy) is 2.